The molecule has 0 unspecified atom stereocenters. The summed E-state index contributed by atoms with van der Waals surface area (Å²) < 4.78 is 5.75. The van der Waals surface area contributed by atoms with Gasteiger partial charge in [0.2, 0.25) is 0 Å². The van der Waals surface area contributed by atoms with E-state index < -0.39 is 6.09 Å². The lowest BCUT2D eigenvalue weighted by molar-refractivity contribution is 0.155. The molecule has 0 aromatic heterocycles. The second kappa shape index (κ2) is 7.11. The van der Waals surface area contributed by atoms with E-state index in [2.05, 4.69) is 21.2 Å². The second-order valence-electron chi connectivity index (χ2n) is 4.11. The van der Waals surface area contributed by atoms with E-state index in [9.17, 15) is 4.79 Å². The zero-order valence-electron chi connectivity index (χ0n) is 10.8. The normalized spacial score (nSPS) is 9.76. The maximum Gasteiger partial charge on any atom is 0.412 e. The molecule has 0 bridgehead atoms. The Labute approximate surface area is 135 Å². The van der Waals surface area contributed by atoms with Crippen LogP contribution in [0, 0.1) is 11.3 Å². The van der Waals surface area contributed by atoms with Crippen LogP contribution in [0.2, 0.25) is 5.02 Å². The standard InChI is InChI=1S/C15H10BrClN2O2/c16-12-6-11(8-18)14(13(17)7-12)19-15(20)21-9-10-4-2-1-3-5-10/h1-7H,9H2,(H,19,20). The fraction of sp³-hybridized carbons (Fsp3) is 0.0667. The number of hydrogen-bond acceptors (Lipinski definition) is 3. The third kappa shape index (κ3) is 4.22. The minimum Gasteiger partial charge on any atom is -0.444 e. The molecule has 2 aromatic rings. The van der Waals surface area contributed by atoms with Crippen LogP contribution in [0.3, 0.4) is 0 Å². The van der Waals surface area contributed by atoms with Crippen LogP contribution in [0.25, 0.3) is 0 Å². The average molecular weight is 366 g/mol. The highest BCUT2D eigenvalue weighted by molar-refractivity contribution is 9.10. The average Bonchev–Trinajstić information content (AvgIpc) is 2.48. The summed E-state index contributed by atoms with van der Waals surface area (Å²) in [5.41, 5.74) is 1.36. The monoisotopic (exact) mass is 364 g/mol. The van der Waals surface area contributed by atoms with Gasteiger partial charge in [-0.1, -0.05) is 57.9 Å². The van der Waals surface area contributed by atoms with Crippen LogP contribution < -0.4 is 5.32 Å². The first kappa shape index (κ1) is 15.4. The van der Waals surface area contributed by atoms with Crippen LogP contribution in [0.15, 0.2) is 46.9 Å². The molecule has 1 N–H and O–H groups in total. The van der Waals surface area contributed by atoms with E-state index in [1.165, 1.54) is 0 Å². The van der Waals surface area contributed by atoms with Crippen molar-refractivity contribution in [3.63, 3.8) is 0 Å². The van der Waals surface area contributed by atoms with Crippen molar-refractivity contribution in [3.8, 4) is 6.07 Å². The number of halogens is 2. The van der Waals surface area contributed by atoms with Gasteiger partial charge in [-0.15, -0.1) is 0 Å². The lowest BCUT2D eigenvalue weighted by atomic mass is 10.2. The van der Waals surface area contributed by atoms with Crippen molar-refractivity contribution in [2.45, 2.75) is 6.61 Å². The SMILES string of the molecule is N#Cc1cc(Br)cc(Cl)c1NC(=O)OCc1ccccc1. The summed E-state index contributed by atoms with van der Waals surface area (Å²) in [6, 6.07) is 14.4. The third-order valence-corrected chi connectivity index (χ3v) is 3.37. The number of carbonyl (C=O) groups is 1. The van der Waals surface area contributed by atoms with Crippen LogP contribution in [-0.2, 0) is 11.3 Å². The largest absolute Gasteiger partial charge is 0.444 e. The molecular formula is C15H10BrClN2O2. The molecule has 21 heavy (non-hydrogen) atoms. The molecule has 0 aliphatic rings. The first-order chi connectivity index (χ1) is 10.1. The van der Waals surface area contributed by atoms with E-state index in [1.54, 1.807) is 12.1 Å². The van der Waals surface area contributed by atoms with E-state index in [1.807, 2.05) is 36.4 Å². The van der Waals surface area contributed by atoms with Gasteiger partial charge in [0.05, 0.1) is 16.3 Å². The first-order valence-electron chi connectivity index (χ1n) is 5.97. The smallest absolute Gasteiger partial charge is 0.412 e. The molecule has 0 saturated heterocycles. The van der Waals surface area contributed by atoms with E-state index in [-0.39, 0.29) is 22.9 Å². The Hall–Kier alpha value is -2.03. The predicted octanol–water partition coefficient (Wildman–Crippen LogP) is 4.72. The molecule has 0 saturated carbocycles. The van der Waals surface area contributed by atoms with Crippen molar-refractivity contribution in [2.75, 3.05) is 5.32 Å². The minimum atomic E-state index is -0.667. The van der Waals surface area contributed by atoms with Crippen molar-refractivity contribution in [2.24, 2.45) is 0 Å². The van der Waals surface area contributed by atoms with E-state index in [4.69, 9.17) is 21.6 Å². The molecule has 2 rings (SSSR count). The molecule has 0 aliphatic heterocycles. The molecule has 0 radical (unpaired) electrons. The first-order valence-corrected chi connectivity index (χ1v) is 7.14. The second-order valence-corrected chi connectivity index (χ2v) is 5.43. The Morgan fingerprint density at radius 2 is 2.05 bits per heavy atom. The Morgan fingerprint density at radius 3 is 2.71 bits per heavy atom. The number of rotatable bonds is 3. The number of benzene rings is 2. The maximum absolute atomic E-state index is 11.8. The molecule has 0 aliphatic carbocycles. The van der Waals surface area contributed by atoms with Gasteiger partial charge in [-0.2, -0.15) is 5.26 Å². The van der Waals surface area contributed by atoms with Crippen LogP contribution in [-0.4, -0.2) is 6.09 Å². The summed E-state index contributed by atoms with van der Waals surface area (Å²) in [5.74, 6) is 0. The number of nitrogens with zero attached hydrogens (tertiary/aromatic N) is 1. The zero-order chi connectivity index (χ0) is 15.2. The van der Waals surface area contributed by atoms with Crippen LogP contribution in [0.4, 0.5) is 10.5 Å². The number of amides is 1. The molecule has 0 atom stereocenters. The number of nitrogens with one attached hydrogen (secondary N) is 1. The predicted molar refractivity (Wildman–Crippen MR) is 84.1 cm³/mol. The van der Waals surface area contributed by atoms with E-state index in [0.717, 1.165) is 5.56 Å². The van der Waals surface area contributed by atoms with Crippen molar-refractivity contribution in [1.29, 1.82) is 5.26 Å². The van der Waals surface area contributed by atoms with Gasteiger partial charge < -0.3 is 4.74 Å². The summed E-state index contributed by atoms with van der Waals surface area (Å²) >= 11 is 9.26. The molecule has 0 fully saturated rings. The highest BCUT2D eigenvalue weighted by Crippen LogP contribution is 2.30. The summed E-state index contributed by atoms with van der Waals surface area (Å²) in [4.78, 5) is 11.8. The summed E-state index contributed by atoms with van der Waals surface area (Å²) in [6.45, 7) is 0.142. The number of hydrogen-bond donors (Lipinski definition) is 1. The summed E-state index contributed by atoms with van der Waals surface area (Å²) in [6.07, 6.45) is -0.667. The van der Waals surface area contributed by atoms with Crippen molar-refractivity contribution in [1.82, 2.24) is 0 Å². The summed E-state index contributed by atoms with van der Waals surface area (Å²) in [5, 5.41) is 11.8. The van der Waals surface area contributed by atoms with Gasteiger partial charge >= 0.3 is 6.09 Å². The molecule has 6 heteroatoms. The zero-order valence-corrected chi connectivity index (χ0v) is 13.1. The van der Waals surface area contributed by atoms with E-state index >= 15 is 0 Å². The minimum absolute atomic E-state index is 0.142. The maximum atomic E-state index is 11.8. The fourth-order valence-corrected chi connectivity index (χ4v) is 2.51. The summed E-state index contributed by atoms with van der Waals surface area (Å²) in [7, 11) is 0. The quantitative estimate of drug-likeness (QED) is 0.856. The Kier molecular flexibility index (Phi) is 5.20. The number of carbonyl (C=O) groups excluding carboxylic acids is 1. The molecule has 106 valence electrons. The van der Waals surface area contributed by atoms with Crippen molar-refractivity contribution in [3.05, 3.63) is 63.1 Å². The Morgan fingerprint density at radius 1 is 1.33 bits per heavy atom. The number of ether oxygens (including phenoxy) is 1. The lowest BCUT2D eigenvalue weighted by Crippen LogP contribution is -2.14. The van der Waals surface area contributed by atoms with Crippen molar-refractivity contribution < 1.29 is 9.53 Å². The molecule has 2 aromatic carbocycles. The molecule has 4 nitrogen and oxygen atoms in total. The van der Waals surface area contributed by atoms with Gasteiger partial charge in [-0.05, 0) is 17.7 Å². The van der Waals surface area contributed by atoms with Crippen LogP contribution in [0.1, 0.15) is 11.1 Å². The molecule has 0 spiro atoms. The topological polar surface area (TPSA) is 62.1 Å². The highest BCUT2D eigenvalue weighted by atomic mass is 79.9. The molecular weight excluding hydrogens is 356 g/mol. The fourth-order valence-electron chi connectivity index (χ4n) is 1.65. The number of nitriles is 1. The lowest BCUT2D eigenvalue weighted by Gasteiger charge is -2.10. The van der Waals surface area contributed by atoms with Gasteiger partial charge in [0.1, 0.15) is 12.7 Å². The molecule has 1 amide bonds. The van der Waals surface area contributed by atoms with Gasteiger partial charge in [-0.3, -0.25) is 5.32 Å². The van der Waals surface area contributed by atoms with Crippen molar-refractivity contribution >= 4 is 39.3 Å². The molecule has 0 heterocycles. The third-order valence-electron chi connectivity index (χ3n) is 2.62. The van der Waals surface area contributed by atoms with Crippen LogP contribution >= 0.6 is 27.5 Å². The van der Waals surface area contributed by atoms with Crippen LogP contribution in [0.5, 0.6) is 0 Å². The Balaban J connectivity index is 2.05. The highest BCUT2D eigenvalue weighted by Gasteiger charge is 2.13. The van der Waals surface area contributed by atoms with Gasteiger partial charge in [0, 0.05) is 4.47 Å². The number of anilines is 1. The van der Waals surface area contributed by atoms with Gasteiger partial charge in [0.15, 0.2) is 0 Å². The Bertz CT molecular complexity index is 699. The van der Waals surface area contributed by atoms with Gasteiger partial charge in [0.25, 0.3) is 0 Å². The van der Waals surface area contributed by atoms with Gasteiger partial charge in [-0.25, -0.2) is 4.79 Å². The van der Waals surface area contributed by atoms with E-state index in [0.29, 0.717) is 4.47 Å².